The van der Waals surface area contributed by atoms with E-state index in [1.165, 1.54) is 49.7 Å². The topological polar surface area (TPSA) is 70.2 Å². The Labute approximate surface area is 202 Å². The predicted molar refractivity (Wildman–Crippen MR) is 133 cm³/mol. The highest BCUT2D eigenvalue weighted by Gasteiger charge is 2.50. The molecule has 1 saturated heterocycles. The lowest BCUT2D eigenvalue weighted by Crippen LogP contribution is -2.58. The van der Waals surface area contributed by atoms with Crippen molar-refractivity contribution >= 4 is 17.5 Å². The standard InChI is InChI=1S/C29H35N3O2/c33-27-9-8-26(28(34)32-27)24-2-1-3-25(13-24)30-17-19-4-6-20(7-5-19)18-31-29-14-21-10-22(15-29)12-23(11-21)16-29/h1-7,13,21-23,26,30-31H,8-12,14-18H2,(H,32,33,34). The number of hydrogen-bond donors (Lipinski definition) is 3. The maximum absolute atomic E-state index is 12.2. The average molecular weight is 458 g/mol. The number of carbonyl (C=O) groups excluding carboxylic acids is 2. The number of imide groups is 1. The molecule has 0 spiro atoms. The second-order valence-electron chi connectivity index (χ2n) is 11.4. The van der Waals surface area contributed by atoms with Crippen LogP contribution in [-0.4, -0.2) is 17.4 Å². The lowest BCUT2D eigenvalue weighted by atomic mass is 9.53. The Kier molecular flexibility index (Phi) is 5.68. The molecule has 0 aromatic heterocycles. The van der Waals surface area contributed by atoms with E-state index in [0.717, 1.165) is 42.1 Å². The summed E-state index contributed by atoms with van der Waals surface area (Å²) in [6.45, 7) is 1.70. The first-order valence-corrected chi connectivity index (χ1v) is 13.0. The molecule has 3 N–H and O–H groups in total. The van der Waals surface area contributed by atoms with Crippen molar-refractivity contribution < 1.29 is 9.59 Å². The fraction of sp³-hybridized carbons (Fsp3) is 0.517. The van der Waals surface area contributed by atoms with Crippen LogP contribution in [-0.2, 0) is 22.7 Å². The molecule has 1 atom stereocenters. The molecule has 4 bridgehead atoms. The molecule has 7 rings (SSSR count). The van der Waals surface area contributed by atoms with Crippen LogP contribution in [0.15, 0.2) is 48.5 Å². The SMILES string of the molecule is O=C1CCC(c2cccc(NCc3ccc(CNC45CC6CC(CC(C6)C4)C5)cc3)c2)C(=O)N1. The highest BCUT2D eigenvalue weighted by Crippen LogP contribution is 2.55. The van der Waals surface area contributed by atoms with Gasteiger partial charge < -0.3 is 10.6 Å². The second-order valence-corrected chi connectivity index (χ2v) is 11.4. The first kappa shape index (κ1) is 21.8. The summed E-state index contributed by atoms with van der Waals surface area (Å²) in [5.41, 5.74) is 4.96. The van der Waals surface area contributed by atoms with E-state index in [2.05, 4.69) is 40.2 Å². The molecule has 5 nitrogen and oxygen atoms in total. The van der Waals surface area contributed by atoms with Crippen LogP contribution in [0.1, 0.15) is 74.0 Å². The summed E-state index contributed by atoms with van der Waals surface area (Å²) in [7, 11) is 0. The summed E-state index contributed by atoms with van der Waals surface area (Å²) in [5, 5.41) is 9.94. The molecule has 178 valence electrons. The third-order valence-electron chi connectivity index (χ3n) is 8.75. The number of rotatable bonds is 7. The molecule has 4 aliphatic carbocycles. The molecule has 5 aliphatic rings. The molecule has 1 heterocycles. The monoisotopic (exact) mass is 457 g/mol. The number of nitrogens with one attached hydrogen (secondary N) is 3. The van der Waals surface area contributed by atoms with Crippen LogP contribution in [0.3, 0.4) is 0 Å². The maximum atomic E-state index is 12.2. The maximum Gasteiger partial charge on any atom is 0.234 e. The van der Waals surface area contributed by atoms with Gasteiger partial charge in [0.25, 0.3) is 0 Å². The fourth-order valence-corrected chi connectivity index (χ4v) is 7.47. The van der Waals surface area contributed by atoms with E-state index >= 15 is 0 Å². The molecule has 1 aliphatic heterocycles. The molecule has 2 aromatic rings. The summed E-state index contributed by atoms with van der Waals surface area (Å²) >= 11 is 0. The molecular weight excluding hydrogens is 422 g/mol. The zero-order chi connectivity index (χ0) is 23.1. The highest BCUT2D eigenvalue weighted by molar-refractivity contribution is 6.01. The number of piperidine rings is 1. The van der Waals surface area contributed by atoms with Gasteiger partial charge in [-0.25, -0.2) is 0 Å². The van der Waals surface area contributed by atoms with Crippen molar-refractivity contribution in [3.63, 3.8) is 0 Å². The van der Waals surface area contributed by atoms with E-state index in [9.17, 15) is 9.59 Å². The molecule has 2 aromatic carbocycles. The Balaban J connectivity index is 1.03. The van der Waals surface area contributed by atoms with Gasteiger partial charge in [0.15, 0.2) is 0 Å². The zero-order valence-corrected chi connectivity index (χ0v) is 19.8. The van der Waals surface area contributed by atoms with Gasteiger partial charge in [0, 0.05) is 30.7 Å². The van der Waals surface area contributed by atoms with E-state index in [-0.39, 0.29) is 17.7 Å². The molecule has 5 fully saturated rings. The van der Waals surface area contributed by atoms with Gasteiger partial charge in [-0.2, -0.15) is 0 Å². The third kappa shape index (κ3) is 4.50. The number of amides is 2. The van der Waals surface area contributed by atoms with Crippen molar-refractivity contribution in [1.82, 2.24) is 10.6 Å². The normalized spacial score (nSPS) is 32.0. The minimum atomic E-state index is -0.250. The molecule has 2 amide bonds. The van der Waals surface area contributed by atoms with Crippen LogP contribution in [0.4, 0.5) is 5.69 Å². The van der Waals surface area contributed by atoms with Crippen molar-refractivity contribution in [2.75, 3.05) is 5.32 Å². The summed E-state index contributed by atoms with van der Waals surface area (Å²) in [6.07, 6.45) is 9.60. The number of anilines is 1. The van der Waals surface area contributed by atoms with Crippen LogP contribution < -0.4 is 16.0 Å². The minimum Gasteiger partial charge on any atom is -0.381 e. The van der Waals surface area contributed by atoms with Gasteiger partial charge in [-0.3, -0.25) is 14.9 Å². The number of hydrogen-bond acceptors (Lipinski definition) is 4. The first-order valence-electron chi connectivity index (χ1n) is 13.0. The first-order chi connectivity index (χ1) is 16.5. The van der Waals surface area contributed by atoms with E-state index in [4.69, 9.17) is 0 Å². The van der Waals surface area contributed by atoms with Crippen molar-refractivity contribution in [2.24, 2.45) is 17.8 Å². The summed E-state index contributed by atoms with van der Waals surface area (Å²) in [4.78, 5) is 23.6. The van der Waals surface area contributed by atoms with Crippen molar-refractivity contribution in [2.45, 2.75) is 75.9 Å². The van der Waals surface area contributed by atoms with E-state index < -0.39 is 0 Å². The van der Waals surface area contributed by atoms with E-state index in [1.807, 2.05) is 24.3 Å². The molecule has 1 unspecified atom stereocenters. The van der Waals surface area contributed by atoms with Crippen molar-refractivity contribution in [3.05, 3.63) is 65.2 Å². The van der Waals surface area contributed by atoms with Crippen LogP contribution in [0.5, 0.6) is 0 Å². The van der Waals surface area contributed by atoms with Gasteiger partial charge >= 0.3 is 0 Å². The molecule has 5 heteroatoms. The number of benzene rings is 2. The Morgan fingerprint density at radius 2 is 1.50 bits per heavy atom. The lowest BCUT2D eigenvalue weighted by molar-refractivity contribution is -0.134. The average Bonchev–Trinajstić information content (AvgIpc) is 2.81. The van der Waals surface area contributed by atoms with Crippen LogP contribution in [0, 0.1) is 17.8 Å². The van der Waals surface area contributed by atoms with Crippen LogP contribution >= 0.6 is 0 Å². The van der Waals surface area contributed by atoms with Gasteiger partial charge in [-0.15, -0.1) is 0 Å². The molecular formula is C29H35N3O2. The van der Waals surface area contributed by atoms with Crippen LogP contribution in [0.25, 0.3) is 0 Å². The Morgan fingerprint density at radius 1 is 0.853 bits per heavy atom. The minimum absolute atomic E-state index is 0.174. The predicted octanol–water partition coefficient (Wildman–Crippen LogP) is 4.88. The fourth-order valence-electron chi connectivity index (χ4n) is 7.47. The van der Waals surface area contributed by atoms with Crippen LogP contribution in [0.2, 0.25) is 0 Å². The third-order valence-corrected chi connectivity index (χ3v) is 8.75. The van der Waals surface area contributed by atoms with Gasteiger partial charge in [0.1, 0.15) is 0 Å². The van der Waals surface area contributed by atoms with Crippen molar-refractivity contribution in [3.8, 4) is 0 Å². The smallest absolute Gasteiger partial charge is 0.234 e. The molecule has 0 radical (unpaired) electrons. The van der Waals surface area contributed by atoms with Gasteiger partial charge in [0.2, 0.25) is 11.8 Å². The summed E-state index contributed by atoms with van der Waals surface area (Å²) in [6, 6.07) is 16.9. The van der Waals surface area contributed by atoms with E-state index in [0.29, 0.717) is 18.4 Å². The second kappa shape index (κ2) is 8.84. The lowest BCUT2D eigenvalue weighted by Gasteiger charge is -2.57. The molecule has 34 heavy (non-hydrogen) atoms. The van der Waals surface area contributed by atoms with E-state index in [1.54, 1.807) is 0 Å². The Morgan fingerprint density at radius 3 is 2.15 bits per heavy atom. The quantitative estimate of drug-likeness (QED) is 0.519. The van der Waals surface area contributed by atoms with Crippen molar-refractivity contribution in [1.29, 1.82) is 0 Å². The summed E-state index contributed by atoms with van der Waals surface area (Å²) in [5.74, 6) is 2.31. The summed E-state index contributed by atoms with van der Waals surface area (Å²) < 4.78 is 0. The van der Waals surface area contributed by atoms with Gasteiger partial charge in [-0.1, -0.05) is 36.4 Å². The van der Waals surface area contributed by atoms with Gasteiger partial charge in [0.05, 0.1) is 5.92 Å². The molecule has 4 saturated carbocycles. The largest absolute Gasteiger partial charge is 0.381 e. The Hall–Kier alpha value is -2.66. The Bertz CT molecular complexity index is 1040. The highest BCUT2D eigenvalue weighted by atomic mass is 16.2. The zero-order valence-electron chi connectivity index (χ0n) is 19.8. The number of carbonyl (C=O) groups is 2. The van der Waals surface area contributed by atoms with Gasteiger partial charge in [-0.05, 0) is 91.5 Å².